The molecule has 1 aliphatic carbocycles. The third-order valence-electron chi connectivity index (χ3n) is 4.67. The van der Waals surface area contributed by atoms with Gasteiger partial charge in [-0.25, -0.2) is 0 Å². The molecular weight excluding hydrogens is 366 g/mol. The van der Waals surface area contributed by atoms with Crippen LogP contribution in [0.25, 0.3) is 5.57 Å². The topological polar surface area (TPSA) is 116 Å². The summed E-state index contributed by atoms with van der Waals surface area (Å²) in [7, 11) is 0. The van der Waals surface area contributed by atoms with Crippen LogP contribution in [0.3, 0.4) is 0 Å². The average molecular weight is 389 g/mol. The van der Waals surface area contributed by atoms with Crippen molar-refractivity contribution < 1.29 is 9.90 Å². The van der Waals surface area contributed by atoms with Gasteiger partial charge in [-0.15, -0.1) is 4.99 Å². The highest BCUT2D eigenvalue weighted by molar-refractivity contribution is 5.97. The van der Waals surface area contributed by atoms with Gasteiger partial charge in [0.05, 0.1) is 0 Å². The van der Waals surface area contributed by atoms with Gasteiger partial charge >= 0.3 is 5.97 Å². The summed E-state index contributed by atoms with van der Waals surface area (Å²) in [6, 6.07) is 12.0. The number of nitrogens with zero attached hydrogens (tertiary/aromatic N) is 4. The van der Waals surface area contributed by atoms with Gasteiger partial charge in [0.15, 0.2) is 0 Å². The highest BCUT2D eigenvalue weighted by Crippen LogP contribution is 2.34. The first-order chi connectivity index (χ1) is 14.1. The molecule has 2 aromatic rings. The number of allylic oxidation sites excluding steroid dienone is 1. The lowest BCUT2D eigenvalue weighted by atomic mass is 9.97. The van der Waals surface area contributed by atoms with Gasteiger partial charge in [0.2, 0.25) is 12.2 Å². The Morgan fingerprint density at radius 2 is 2.14 bits per heavy atom. The van der Waals surface area contributed by atoms with Crippen LogP contribution >= 0.6 is 0 Å². The maximum atomic E-state index is 10.8. The Bertz CT molecular complexity index is 959. The van der Waals surface area contributed by atoms with Crippen molar-refractivity contribution in [3.8, 4) is 6.19 Å². The van der Waals surface area contributed by atoms with Gasteiger partial charge in [0.1, 0.15) is 0 Å². The number of pyridine rings is 1. The number of hydrogen-bond donors (Lipinski definition) is 2. The summed E-state index contributed by atoms with van der Waals surface area (Å²) in [5, 5.41) is 17.8. The molecule has 0 spiro atoms. The van der Waals surface area contributed by atoms with Crippen LogP contribution in [0.5, 0.6) is 0 Å². The third-order valence-corrected chi connectivity index (χ3v) is 4.67. The highest BCUT2D eigenvalue weighted by Gasteiger charge is 2.32. The predicted octanol–water partition coefficient (Wildman–Crippen LogP) is 3.53. The van der Waals surface area contributed by atoms with Crippen LogP contribution in [0, 0.1) is 11.5 Å². The van der Waals surface area contributed by atoms with E-state index in [9.17, 15) is 4.79 Å². The Balaban J connectivity index is 1.95. The van der Waals surface area contributed by atoms with E-state index >= 15 is 0 Å². The molecule has 0 amide bonds. The fourth-order valence-corrected chi connectivity index (χ4v) is 3.22. The van der Waals surface area contributed by atoms with Crippen molar-refractivity contribution in [3.05, 3.63) is 66.0 Å². The molecule has 1 saturated carbocycles. The zero-order chi connectivity index (χ0) is 20.6. The second-order valence-electron chi connectivity index (χ2n) is 6.87. The number of carboxylic acid groups (broad SMARTS) is 1. The maximum absolute atomic E-state index is 10.8. The molecule has 1 fully saturated rings. The first-order valence-corrected chi connectivity index (χ1v) is 9.54. The largest absolute Gasteiger partial charge is 0.481 e. The fraction of sp³-hybridized carbons (Fsp3) is 0.273. The molecule has 148 valence electrons. The van der Waals surface area contributed by atoms with Gasteiger partial charge < -0.3 is 15.7 Å². The fourth-order valence-electron chi connectivity index (χ4n) is 3.22. The summed E-state index contributed by atoms with van der Waals surface area (Å²) in [6.07, 6.45) is 10.7. The lowest BCUT2D eigenvalue weighted by Crippen LogP contribution is -2.39. The molecule has 0 radical (unpaired) electrons. The number of benzene rings is 1. The molecule has 7 nitrogen and oxygen atoms in total. The zero-order valence-corrected chi connectivity index (χ0v) is 16.0. The Labute approximate surface area is 169 Å². The minimum absolute atomic E-state index is 0.132. The standard InChI is InChI=1S/C22H23N5O2/c23-15-26-22(24)27(18-10-11-18)19-7-3-5-16(13-19)20(8-1-2-9-21(28)29)17-6-4-12-25-14-17/h3-8,12-14,18H,1-2,9-11H2,(H2,24,26)(H,28,29)/b20-8+. The predicted molar refractivity (Wildman–Crippen MR) is 112 cm³/mol. The second kappa shape index (κ2) is 9.51. The van der Waals surface area contributed by atoms with Gasteiger partial charge in [-0.1, -0.05) is 24.3 Å². The molecular formula is C22H23N5O2. The van der Waals surface area contributed by atoms with Crippen molar-refractivity contribution in [2.45, 2.75) is 38.1 Å². The van der Waals surface area contributed by atoms with Gasteiger partial charge in [-0.05, 0) is 55.0 Å². The molecule has 0 saturated heterocycles. The van der Waals surface area contributed by atoms with Crippen LogP contribution in [-0.2, 0) is 4.79 Å². The summed E-state index contributed by atoms with van der Waals surface area (Å²) in [6.45, 7) is 0. The third kappa shape index (κ3) is 5.42. The molecule has 3 rings (SSSR count). The van der Waals surface area contributed by atoms with Gasteiger partial charge in [0, 0.05) is 36.1 Å². The van der Waals surface area contributed by atoms with Crippen LogP contribution in [0.4, 0.5) is 5.69 Å². The van der Waals surface area contributed by atoms with E-state index in [-0.39, 0.29) is 18.4 Å². The quantitative estimate of drug-likeness (QED) is 0.309. The van der Waals surface area contributed by atoms with Crippen molar-refractivity contribution in [2.75, 3.05) is 4.90 Å². The number of aliphatic imine (C=N–C) groups is 1. The Morgan fingerprint density at radius 1 is 1.34 bits per heavy atom. The van der Waals surface area contributed by atoms with Gasteiger partial charge in [-0.2, -0.15) is 5.26 Å². The summed E-state index contributed by atoms with van der Waals surface area (Å²) in [4.78, 5) is 20.6. The van der Waals surface area contributed by atoms with Crippen LogP contribution in [0.2, 0.25) is 0 Å². The van der Waals surface area contributed by atoms with E-state index in [4.69, 9.17) is 16.1 Å². The van der Waals surface area contributed by atoms with Gasteiger partial charge in [-0.3, -0.25) is 9.78 Å². The molecule has 1 aromatic carbocycles. The van der Waals surface area contributed by atoms with Crippen molar-refractivity contribution >= 4 is 23.2 Å². The molecule has 1 aliphatic rings. The van der Waals surface area contributed by atoms with E-state index in [1.807, 2.05) is 47.4 Å². The normalized spacial score (nSPS) is 14.3. The van der Waals surface area contributed by atoms with E-state index in [1.165, 1.54) is 0 Å². The number of guanidine groups is 1. The number of carboxylic acids is 1. The van der Waals surface area contributed by atoms with Crippen molar-refractivity contribution in [2.24, 2.45) is 10.7 Å². The Hall–Kier alpha value is -3.66. The van der Waals surface area contributed by atoms with Crippen LogP contribution in [-0.4, -0.2) is 28.1 Å². The maximum Gasteiger partial charge on any atom is 0.303 e. The number of rotatable bonds is 8. The SMILES string of the molecule is N#CN=C(N)N(c1cccc(/C(=C\CCCC(=O)O)c2cccnc2)c1)C1CC1. The summed E-state index contributed by atoms with van der Waals surface area (Å²) in [5.74, 6) is -0.601. The molecule has 0 aliphatic heterocycles. The molecule has 0 atom stereocenters. The van der Waals surface area contributed by atoms with Crippen LogP contribution in [0.1, 0.15) is 43.2 Å². The van der Waals surface area contributed by atoms with Crippen molar-refractivity contribution in [1.29, 1.82) is 5.26 Å². The first kappa shape index (κ1) is 20.1. The molecule has 1 heterocycles. The first-order valence-electron chi connectivity index (χ1n) is 9.54. The summed E-state index contributed by atoms with van der Waals surface area (Å²) < 4.78 is 0. The molecule has 0 bridgehead atoms. The molecule has 0 unspecified atom stereocenters. The number of anilines is 1. The Morgan fingerprint density at radius 3 is 2.79 bits per heavy atom. The number of aromatic nitrogens is 1. The lowest BCUT2D eigenvalue weighted by molar-refractivity contribution is -0.137. The molecule has 29 heavy (non-hydrogen) atoms. The number of carbonyl (C=O) groups is 1. The molecule has 1 aromatic heterocycles. The second-order valence-corrected chi connectivity index (χ2v) is 6.87. The van der Waals surface area contributed by atoms with Crippen molar-refractivity contribution in [1.82, 2.24) is 4.98 Å². The number of nitriles is 1. The highest BCUT2D eigenvalue weighted by atomic mass is 16.4. The summed E-state index contributed by atoms with van der Waals surface area (Å²) in [5.41, 5.74) is 9.83. The van der Waals surface area contributed by atoms with E-state index < -0.39 is 5.97 Å². The van der Waals surface area contributed by atoms with Crippen molar-refractivity contribution in [3.63, 3.8) is 0 Å². The number of aliphatic carboxylic acids is 1. The van der Waals surface area contributed by atoms with Gasteiger partial charge in [0.25, 0.3) is 0 Å². The van der Waals surface area contributed by atoms with E-state index in [0.717, 1.165) is 35.2 Å². The number of nitrogens with two attached hydrogens (primary N) is 1. The lowest BCUT2D eigenvalue weighted by Gasteiger charge is -2.23. The average Bonchev–Trinajstić information content (AvgIpc) is 3.54. The molecule has 7 heteroatoms. The minimum Gasteiger partial charge on any atom is -0.481 e. The van der Waals surface area contributed by atoms with E-state index in [2.05, 4.69) is 9.98 Å². The number of unbranched alkanes of at least 4 members (excludes halogenated alkanes) is 1. The monoisotopic (exact) mass is 389 g/mol. The number of hydrogen-bond acceptors (Lipinski definition) is 4. The van der Waals surface area contributed by atoms with E-state index in [1.54, 1.807) is 18.6 Å². The minimum atomic E-state index is -0.796. The van der Waals surface area contributed by atoms with Crippen LogP contribution < -0.4 is 10.6 Å². The van der Waals surface area contributed by atoms with E-state index in [0.29, 0.717) is 12.8 Å². The zero-order valence-electron chi connectivity index (χ0n) is 16.0. The van der Waals surface area contributed by atoms with Crippen LogP contribution in [0.15, 0.2) is 59.9 Å². The Kier molecular flexibility index (Phi) is 6.59. The molecule has 3 N–H and O–H groups in total. The smallest absolute Gasteiger partial charge is 0.303 e. The summed E-state index contributed by atoms with van der Waals surface area (Å²) >= 11 is 0.